The Balaban J connectivity index is 1.50. The molecule has 1 amide bonds. The molecule has 1 aromatic carbocycles. The van der Waals surface area contributed by atoms with Gasteiger partial charge in [0.25, 0.3) is 0 Å². The molecule has 1 atom stereocenters. The molecule has 0 unspecified atom stereocenters. The zero-order chi connectivity index (χ0) is 14.7. The second kappa shape index (κ2) is 6.35. The zero-order valence-corrected chi connectivity index (χ0v) is 12.9. The van der Waals surface area contributed by atoms with Crippen LogP contribution in [0.25, 0.3) is 0 Å². The lowest BCUT2D eigenvalue weighted by atomic mass is 9.83. The van der Waals surface area contributed by atoms with E-state index < -0.39 is 0 Å². The fourth-order valence-corrected chi connectivity index (χ4v) is 3.51. The highest BCUT2D eigenvalue weighted by Crippen LogP contribution is 2.25. The van der Waals surface area contributed by atoms with Gasteiger partial charge in [0.15, 0.2) is 0 Å². The maximum atomic E-state index is 12.3. The molecule has 5 heteroatoms. The van der Waals surface area contributed by atoms with E-state index >= 15 is 0 Å². The Hall–Kier alpha value is -1.75. The highest BCUT2D eigenvalue weighted by molar-refractivity contribution is 7.11. The van der Waals surface area contributed by atoms with Gasteiger partial charge in [-0.3, -0.25) is 4.79 Å². The van der Waals surface area contributed by atoms with Gasteiger partial charge in [-0.05, 0) is 37.3 Å². The van der Waals surface area contributed by atoms with E-state index in [0.717, 1.165) is 35.7 Å². The SMILES string of the molecule is Cc1nnc(CCNC(=O)[C@@H]2CCc3ccccc3C2)s1. The maximum absolute atomic E-state index is 12.3. The van der Waals surface area contributed by atoms with Crippen LogP contribution in [0, 0.1) is 12.8 Å². The van der Waals surface area contributed by atoms with E-state index in [9.17, 15) is 4.79 Å². The van der Waals surface area contributed by atoms with Crippen LogP contribution in [0.3, 0.4) is 0 Å². The highest BCUT2D eigenvalue weighted by atomic mass is 32.1. The van der Waals surface area contributed by atoms with Gasteiger partial charge in [0.1, 0.15) is 10.0 Å². The van der Waals surface area contributed by atoms with Crippen molar-refractivity contribution in [2.24, 2.45) is 5.92 Å². The highest BCUT2D eigenvalue weighted by Gasteiger charge is 2.24. The van der Waals surface area contributed by atoms with Crippen LogP contribution in [-0.2, 0) is 24.1 Å². The average molecular weight is 301 g/mol. The first kappa shape index (κ1) is 14.2. The second-order valence-corrected chi connectivity index (χ2v) is 6.73. The number of hydrogen-bond acceptors (Lipinski definition) is 4. The number of benzene rings is 1. The van der Waals surface area contributed by atoms with Gasteiger partial charge in [-0.25, -0.2) is 0 Å². The topological polar surface area (TPSA) is 54.9 Å². The smallest absolute Gasteiger partial charge is 0.223 e. The molecule has 0 aliphatic heterocycles. The predicted molar refractivity (Wildman–Crippen MR) is 83.3 cm³/mol. The van der Waals surface area contributed by atoms with Gasteiger partial charge in [-0.1, -0.05) is 24.3 Å². The van der Waals surface area contributed by atoms with Gasteiger partial charge in [0, 0.05) is 18.9 Å². The summed E-state index contributed by atoms with van der Waals surface area (Å²) < 4.78 is 0. The lowest BCUT2D eigenvalue weighted by Gasteiger charge is -2.23. The first-order valence-electron chi connectivity index (χ1n) is 7.36. The Bertz CT molecular complexity index is 638. The van der Waals surface area contributed by atoms with Crippen molar-refractivity contribution in [3.63, 3.8) is 0 Å². The number of rotatable bonds is 4. The van der Waals surface area contributed by atoms with Crippen LogP contribution in [-0.4, -0.2) is 22.6 Å². The van der Waals surface area contributed by atoms with Crippen LogP contribution in [0.15, 0.2) is 24.3 Å². The van der Waals surface area contributed by atoms with E-state index in [2.05, 4.69) is 39.8 Å². The summed E-state index contributed by atoms with van der Waals surface area (Å²) in [6.45, 7) is 2.59. The molecule has 0 saturated heterocycles. The van der Waals surface area contributed by atoms with Gasteiger partial charge in [0.2, 0.25) is 5.91 Å². The Morgan fingerprint density at radius 3 is 2.90 bits per heavy atom. The Kier molecular flexibility index (Phi) is 4.29. The molecule has 4 nitrogen and oxygen atoms in total. The van der Waals surface area contributed by atoms with Crippen LogP contribution in [0.2, 0.25) is 0 Å². The molecule has 110 valence electrons. The molecule has 1 heterocycles. The summed E-state index contributed by atoms with van der Waals surface area (Å²) in [6, 6.07) is 8.43. The van der Waals surface area contributed by atoms with E-state index in [1.165, 1.54) is 11.1 Å². The largest absolute Gasteiger partial charge is 0.355 e. The van der Waals surface area contributed by atoms with Crippen LogP contribution in [0.4, 0.5) is 0 Å². The third-order valence-corrected chi connectivity index (χ3v) is 4.82. The van der Waals surface area contributed by atoms with Gasteiger partial charge in [-0.2, -0.15) is 0 Å². The van der Waals surface area contributed by atoms with Crippen LogP contribution >= 0.6 is 11.3 Å². The molecule has 1 aliphatic carbocycles. The number of aromatic nitrogens is 2. The lowest BCUT2D eigenvalue weighted by Crippen LogP contribution is -2.35. The minimum absolute atomic E-state index is 0.107. The van der Waals surface area contributed by atoms with Gasteiger partial charge >= 0.3 is 0 Å². The second-order valence-electron chi connectivity index (χ2n) is 5.46. The number of nitrogens with one attached hydrogen (secondary N) is 1. The van der Waals surface area contributed by atoms with Crippen LogP contribution < -0.4 is 5.32 Å². The van der Waals surface area contributed by atoms with Gasteiger partial charge in [-0.15, -0.1) is 21.5 Å². The molecule has 0 radical (unpaired) electrons. The third-order valence-electron chi connectivity index (χ3n) is 3.92. The summed E-state index contributed by atoms with van der Waals surface area (Å²) in [5.74, 6) is 0.279. The molecule has 3 rings (SSSR count). The summed E-state index contributed by atoms with van der Waals surface area (Å²) in [4.78, 5) is 12.3. The minimum atomic E-state index is 0.107. The molecule has 0 bridgehead atoms. The van der Waals surface area contributed by atoms with Gasteiger partial charge in [0.05, 0.1) is 0 Å². The molecule has 21 heavy (non-hydrogen) atoms. The summed E-state index contributed by atoms with van der Waals surface area (Å²) in [7, 11) is 0. The first-order valence-corrected chi connectivity index (χ1v) is 8.17. The number of aryl methyl sites for hydroxylation is 2. The van der Waals surface area contributed by atoms with Crippen molar-refractivity contribution in [1.82, 2.24) is 15.5 Å². The van der Waals surface area contributed by atoms with Crippen molar-refractivity contribution in [2.75, 3.05) is 6.54 Å². The van der Waals surface area contributed by atoms with E-state index in [0.29, 0.717) is 6.54 Å². The number of carbonyl (C=O) groups is 1. The minimum Gasteiger partial charge on any atom is -0.355 e. The molecule has 2 aromatic rings. The maximum Gasteiger partial charge on any atom is 0.223 e. The quantitative estimate of drug-likeness (QED) is 0.943. The number of carbonyl (C=O) groups excluding carboxylic acids is 1. The van der Waals surface area contributed by atoms with Crippen molar-refractivity contribution in [3.8, 4) is 0 Å². The number of nitrogens with zero attached hydrogens (tertiary/aromatic N) is 2. The fraction of sp³-hybridized carbons (Fsp3) is 0.438. The monoisotopic (exact) mass is 301 g/mol. The molecule has 0 fully saturated rings. The summed E-state index contributed by atoms with van der Waals surface area (Å²) in [5.41, 5.74) is 2.72. The number of amides is 1. The van der Waals surface area contributed by atoms with Crippen molar-refractivity contribution in [2.45, 2.75) is 32.6 Å². The average Bonchev–Trinajstić information content (AvgIpc) is 2.92. The number of fused-ring (bicyclic) bond motifs is 1. The van der Waals surface area contributed by atoms with Gasteiger partial charge < -0.3 is 5.32 Å². The molecular weight excluding hydrogens is 282 g/mol. The molecular formula is C16H19N3OS. The van der Waals surface area contributed by atoms with E-state index in [-0.39, 0.29) is 11.8 Å². The fourth-order valence-electron chi connectivity index (χ4n) is 2.80. The summed E-state index contributed by atoms with van der Waals surface area (Å²) >= 11 is 1.59. The number of hydrogen-bond donors (Lipinski definition) is 1. The summed E-state index contributed by atoms with van der Waals surface area (Å²) in [5, 5.41) is 13.1. The molecule has 1 N–H and O–H groups in total. The van der Waals surface area contributed by atoms with E-state index in [1.807, 2.05) is 6.92 Å². The normalized spacial score (nSPS) is 17.3. The van der Waals surface area contributed by atoms with Crippen molar-refractivity contribution < 1.29 is 4.79 Å². The molecule has 0 saturated carbocycles. The zero-order valence-electron chi connectivity index (χ0n) is 12.1. The lowest BCUT2D eigenvalue weighted by molar-refractivity contribution is -0.125. The Morgan fingerprint density at radius 1 is 1.33 bits per heavy atom. The third kappa shape index (κ3) is 3.47. The van der Waals surface area contributed by atoms with Crippen molar-refractivity contribution in [3.05, 3.63) is 45.4 Å². The predicted octanol–water partition coefficient (Wildman–Crippen LogP) is 2.31. The standard InChI is InChI=1S/C16H19N3OS/c1-11-18-19-15(21-11)8-9-17-16(20)14-7-6-12-4-2-3-5-13(12)10-14/h2-5,14H,6-10H2,1H3,(H,17,20)/t14-/m1/s1. The van der Waals surface area contributed by atoms with Crippen molar-refractivity contribution >= 4 is 17.2 Å². The van der Waals surface area contributed by atoms with Crippen LogP contribution in [0.5, 0.6) is 0 Å². The molecule has 1 aliphatic rings. The van der Waals surface area contributed by atoms with Crippen molar-refractivity contribution in [1.29, 1.82) is 0 Å². The van der Waals surface area contributed by atoms with E-state index in [1.54, 1.807) is 11.3 Å². The Morgan fingerprint density at radius 2 is 2.14 bits per heavy atom. The molecule has 1 aromatic heterocycles. The first-order chi connectivity index (χ1) is 10.2. The molecule has 0 spiro atoms. The summed E-state index contributed by atoms with van der Waals surface area (Å²) in [6.07, 6.45) is 3.57. The van der Waals surface area contributed by atoms with E-state index in [4.69, 9.17) is 0 Å². The van der Waals surface area contributed by atoms with Crippen LogP contribution in [0.1, 0.15) is 27.6 Å². The Labute approximate surface area is 128 Å².